The summed E-state index contributed by atoms with van der Waals surface area (Å²) in [4.78, 5) is 12.5. The summed E-state index contributed by atoms with van der Waals surface area (Å²) in [5, 5.41) is 11.1. The predicted molar refractivity (Wildman–Crippen MR) is 73.6 cm³/mol. The summed E-state index contributed by atoms with van der Waals surface area (Å²) < 4.78 is 18.6. The number of rotatable bonds is 4. The van der Waals surface area contributed by atoms with Gasteiger partial charge in [-0.2, -0.15) is 0 Å². The van der Waals surface area contributed by atoms with Gasteiger partial charge < -0.3 is 15.4 Å². The summed E-state index contributed by atoms with van der Waals surface area (Å²) in [7, 11) is 1.34. The molecule has 2 atom stereocenters. The van der Waals surface area contributed by atoms with Crippen molar-refractivity contribution < 1.29 is 14.1 Å². The molecule has 0 saturated carbocycles. The number of ether oxygens (including phenoxy) is 1. The molecule has 1 aromatic rings. The third-order valence-electron chi connectivity index (χ3n) is 3.75. The zero-order valence-electron chi connectivity index (χ0n) is 11.5. The van der Waals surface area contributed by atoms with Gasteiger partial charge in [0.25, 0.3) is 5.69 Å². The van der Waals surface area contributed by atoms with Gasteiger partial charge in [-0.15, -0.1) is 0 Å². The quantitative estimate of drug-likeness (QED) is 0.674. The lowest BCUT2D eigenvalue weighted by molar-refractivity contribution is -0.384. The van der Waals surface area contributed by atoms with Gasteiger partial charge >= 0.3 is 0 Å². The molecule has 0 spiro atoms. The number of methoxy groups -OCH3 is 1. The molecule has 0 aliphatic carbocycles. The Bertz CT molecular complexity index is 524. The van der Waals surface area contributed by atoms with E-state index < -0.39 is 10.7 Å². The molecule has 1 aliphatic rings. The summed E-state index contributed by atoms with van der Waals surface area (Å²) in [6.45, 7) is 3.15. The summed E-state index contributed by atoms with van der Waals surface area (Å²) in [5.41, 5.74) is 5.81. The van der Waals surface area contributed by atoms with Gasteiger partial charge in [0.1, 0.15) is 5.69 Å². The van der Waals surface area contributed by atoms with E-state index in [2.05, 4.69) is 0 Å². The van der Waals surface area contributed by atoms with Crippen LogP contribution < -0.4 is 15.4 Å². The molecular formula is C13H18FN3O3. The maximum absolute atomic E-state index is 13.6. The largest absolute Gasteiger partial charge is 0.494 e. The number of nitro groups is 1. The summed E-state index contributed by atoms with van der Waals surface area (Å²) in [6, 6.07) is 2.43. The van der Waals surface area contributed by atoms with E-state index in [0.29, 0.717) is 24.7 Å². The summed E-state index contributed by atoms with van der Waals surface area (Å²) >= 11 is 0. The fraction of sp³-hybridized carbons (Fsp3) is 0.538. The van der Waals surface area contributed by atoms with E-state index in [9.17, 15) is 14.5 Å². The van der Waals surface area contributed by atoms with Crippen LogP contribution in [0.4, 0.5) is 15.8 Å². The highest BCUT2D eigenvalue weighted by Gasteiger charge is 2.33. The Balaban J connectivity index is 2.46. The van der Waals surface area contributed by atoms with E-state index >= 15 is 0 Å². The van der Waals surface area contributed by atoms with Crippen molar-refractivity contribution >= 4 is 11.4 Å². The van der Waals surface area contributed by atoms with Crippen molar-refractivity contribution in [2.24, 2.45) is 11.7 Å². The third kappa shape index (κ3) is 2.53. The Labute approximate surface area is 116 Å². The zero-order valence-corrected chi connectivity index (χ0v) is 11.5. The molecule has 7 heteroatoms. The van der Waals surface area contributed by atoms with Crippen LogP contribution in [0.1, 0.15) is 13.3 Å². The molecule has 0 radical (unpaired) electrons. The molecule has 2 rings (SSSR count). The first-order valence-corrected chi connectivity index (χ1v) is 6.46. The number of hydrogen-bond acceptors (Lipinski definition) is 5. The second-order valence-corrected chi connectivity index (χ2v) is 5.07. The SMILES string of the molecule is COc1cc(N2CC(CN)CC2C)c([N+](=O)[O-])cc1F. The molecule has 0 amide bonds. The van der Waals surface area contributed by atoms with Crippen LogP contribution in [0.25, 0.3) is 0 Å². The number of nitrogens with zero attached hydrogens (tertiary/aromatic N) is 2. The average Bonchev–Trinajstić information content (AvgIpc) is 2.79. The molecule has 6 nitrogen and oxygen atoms in total. The number of hydrogen-bond donors (Lipinski definition) is 1. The van der Waals surface area contributed by atoms with Crippen molar-refractivity contribution in [3.63, 3.8) is 0 Å². The topological polar surface area (TPSA) is 81.6 Å². The molecule has 1 aliphatic heterocycles. The van der Waals surface area contributed by atoms with E-state index in [0.717, 1.165) is 12.5 Å². The minimum absolute atomic E-state index is 0.00833. The molecule has 20 heavy (non-hydrogen) atoms. The van der Waals surface area contributed by atoms with Gasteiger partial charge in [-0.3, -0.25) is 10.1 Å². The molecule has 1 saturated heterocycles. The Morgan fingerprint density at radius 2 is 2.30 bits per heavy atom. The zero-order chi connectivity index (χ0) is 14.9. The second kappa shape index (κ2) is 5.62. The Morgan fingerprint density at radius 1 is 1.60 bits per heavy atom. The van der Waals surface area contributed by atoms with Gasteiger partial charge in [0.2, 0.25) is 0 Å². The van der Waals surface area contributed by atoms with E-state index in [4.69, 9.17) is 10.5 Å². The van der Waals surface area contributed by atoms with Crippen molar-refractivity contribution in [3.05, 3.63) is 28.1 Å². The van der Waals surface area contributed by atoms with Crippen LogP contribution in [-0.2, 0) is 0 Å². The number of halogens is 1. The van der Waals surface area contributed by atoms with E-state index in [1.54, 1.807) is 0 Å². The second-order valence-electron chi connectivity index (χ2n) is 5.07. The minimum atomic E-state index is -0.731. The maximum Gasteiger partial charge on any atom is 0.295 e. The molecule has 0 aromatic heterocycles. The van der Waals surface area contributed by atoms with Crippen molar-refractivity contribution in [3.8, 4) is 5.75 Å². The molecule has 0 bridgehead atoms. The maximum atomic E-state index is 13.6. The smallest absolute Gasteiger partial charge is 0.295 e. The summed E-state index contributed by atoms with van der Waals surface area (Å²) in [5.74, 6) is -0.431. The lowest BCUT2D eigenvalue weighted by Crippen LogP contribution is -2.28. The van der Waals surface area contributed by atoms with Crippen molar-refractivity contribution in [2.45, 2.75) is 19.4 Å². The number of anilines is 1. The number of benzene rings is 1. The number of nitro benzene ring substituents is 1. The highest BCUT2D eigenvalue weighted by molar-refractivity contribution is 5.67. The van der Waals surface area contributed by atoms with Crippen LogP contribution >= 0.6 is 0 Å². The molecule has 1 aromatic carbocycles. The van der Waals surface area contributed by atoms with Gasteiger partial charge in [0.05, 0.1) is 18.1 Å². The standard InChI is InChI=1S/C13H18FN3O3/c1-8-3-9(6-15)7-16(8)11-5-13(20-2)10(14)4-12(11)17(18)19/h4-5,8-9H,3,6-7,15H2,1-2H3. The van der Waals surface area contributed by atoms with E-state index in [-0.39, 0.29) is 17.5 Å². The molecule has 2 N–H and O–H groups in total. The lowest BCUT2D eigenvalue weighted by Gasteiger charge is -2.24. The highest BCUT2D eigenvalue weighted by atomic mass is 19.1. The Morgan fingerprint density at radius 3 is 2.80 bits per heavy atom. The molecular weight excluding hydrogens is 265 g/mol. The van der Waals surface area contributed by atoms with Gasteiger partial charge in [-0.05, 0) is 25.8 Å². The Kier molecular flexibility index (Phi) is 4.08. The van der Waals surface area contributed by atoms with Gasteiger partial charge in [0.15, 0.2) is 11.6 Å². The van der Waals surface area contributed by atoms with Crippen LogP contribution in [0.5, 0.6) is 5.75 Å². The molecule has 2 unspecified atom stereocenters. The first-order chi connectivity index (χ1) is 9.47. The van der Waals surface area contributed by atoms with Crippen molar-refractivity contribution in [1.82, 2.24) is 0 Å². The van der Waals surface area contributed by atoms with Crippen LogP contribution in [0.15, 0.2) is 12.1 Å². The lowest BCUT2D eigenvalue weighted by atomic mass is 10.1. The van der Waals surface area contributed by atoms with Crippen molar-refractivity contribution in [2.75, 3.05) is 25.1 Å². The van der Waals surface area contributed by atoms with Gasteiger partial charge in [0, 0.05) is 18.7 Å². The van der Waals surface area contributed by atoms with Crippen molar-refractivity contribution in [1.29, 1.82) is 0 Å². The predicted octanol–water partition coefficient (Wildman–Crippen LogP) is 1.92. The fourth-order valence-electron chi connectivity index (χ4n) is 2.71. The monoisotopic (exact) mass is 283 g/mol. The highest BCUT2D eigenvalue weighted by Crippen LogP contribution is 2.38. The van der Waals surface area contributed by atoms with Gasteiger partial charge in [-0.25, -0.2) is 4.39 Å². The van der Waals surface area contributed by atoms with Crippen LogP contribution in [-0.4, -0.2) is 31.2 Å². The van der Waals surface area contributed by atoms with E-state index in [1.807, 2.05) is 11.8 Å². The average molecular weight is 283 g/mol. The van der Waals surface area contributed by atoms with E-state index in [1.165, 1.54) is 13.2 Å². The minimum Gasteiger partial charge on any atom is -0.494 e. The number of nitrogens with two attached hydrogens (primary N) is 1. The van der Waals surface area contributed by atoms with Crippen LogP contribution in [0, 0.1) is 21.8 Å². The third-order valence-corrected chi connectivity index (χ3v) is 3.75. The first kappa shape index (κ1) is 14.5. The normalized spacial score (nSPS) is 22.1. The molecule has 110 valence electrons. The van der Waals surface area contributed by atoms with Crippen LogP contribution in [0.2, 0.25) is 0 Å². The fourth-order valence-corrected chi connectivity index (χ4v) is 2.71. The molecule has 1 fully saturated rings. The first-order valence-electron chi connectivity index (χ1n) is 6.46. The summed E-state index contributed by atoms with van der Waals surface area (Å²) in [6.07, 6.45) is 0.868. The Hall–Kier alpha value is -1.89. The van der Waals surface area contributed by atoms with Gasteiger partial charge in [-0.1, -0.05) is 0 Å². The van der Waals surface area contributed by atoms with Crippen LogP contribution in [0.3, 0.4) is 0 Å². The molecule has 1 heterocycles.